The molecule has 0 saturated carbocycles. The third kappa shape index (κ3) is 2.85. The Morgan fingerprint density at radius 2 is 2.05 bits per heavy atom. The molecule has 0 fully saturated rings. The van der Waals surface area contributed by atoms with E-state index in [1.165, 1.54) is 18.3 Å². The molecule has 0 aliphatic carbocycles. The number of benzene rings is 1. The largest absolute Gasteiger partial charge is 0.366 e. The molecular formula is C14H17FN4O. The van der Waals surface area contributed by atoms with Crippen LogP contribution in [0.15, 0.2) is 36.7 Å². The van der Waals surface area contributed by atoms with Gasteiger partial charge in [-0.05, 0) is 24.1 Å². The normalized spacial score (nSPS) is 13.9. The summed E-state index contributed by atoms with van der Waals surface area (Å²) in [6.45, 7) is 1.96. The smallest absolute Gasteiger partial charge is 0.251 e. The van der Waals surface area contributed by atoms with Crippen LogP contribution in [0.4, 0.5) is 4.39 Å². The molecule has 1 aromatic carbocycles. The van der Waals surface area contributed by atoms with Crippen molar-refractivity contribution in [3.05, 3.63) is 53.6 Å². The van der Waals surface area contributed by atoms with E-state index in [1.54, 1.807) is 23.0 Å². The summed E-state index contributed by atoms with van der Waals surface area (Å²) in [5.41, 5.74) is 12.5. The van der Waals surface area contributed by atoms with Crippen molar-refractivity contribution in [3.63, 3.8) is 0 Å². The van der Waals surface area contributed by atoms with E-state index in [9.17, 15) is 9.18 Å². The van der Waals surface area contributed by atoms with Crippen LogP contribution >= 0.6 is 0 Å². The number of amides is 1. The highest BCUT2D eigenvalue weighted by atomic mass is 19.1. The lowest BCUT2D eigenvalue weighted by atomic mass is 9.98. The number of carbonyl (C=O) groups is 1. The third-order valence-electron chi connectivity index (χ3n) is 3.26. The first-order valence-electron chi connectivity index (χ1n) is 6.38. The first kappa shape index (κ1) is 14.2. The van der Waals surface area contributed by atoms with Gasteiger partial charge in [-0.1, -0.05) is 19.1 Å². The quantitative estimate of drug-likeness (QED) is 0.866. The second-order valence-corrected chi connectivity index (χ2v) is 4.64. The zero-order valence-electron chi connectivity index (χ0n) is 11.2. The molecule has 0 radical (unpaired) electrons. The van der Waals surface area contributed by atoms with E-state index in [0.717, 1.165) is 5.56 Å². The van der Waals surface area contributed by atoms with Crippen molar-refractivity contribution >= 4 is 5.91 Å². The summed E-state index contributed by atoms with van der Waals surface area (Å²) in [4.78, 5) is 11.1. The predicted octanol–water partition coefficient (Wildman–Crippen LogP) is 1.45. The monoisotopic (exact) mass is 276 g/mol. The van der Waals surface area contributed by atoms with Crippen molar-refractivity contribution in [2.45, 2.75) is 25.4 Å². The van der Waals surface area contributed by atoms with E-state index in [4.69, 9.17) is 11.5 Å². The summed E-state index contributed by atoms with van der Waals surface area (Å²) < 4.78 is 14.6. The first-order chi connectivity index (χ1) is 9.52. The lowest BCUT2D eigenvalue weighted by Gasteiger charge is -2.24. The number of nitrogens with zero attached hydrogens (tertiary/aromatic N) is 2. The molecule has 5 nitrogen and oxygen atoms in total. The van der Waals surface area contributed by atoms with Gasteiger partial charge in [-0.2, -0.15) is 5.10 Å². The second-order valence-electron chi connectivity index (χ2n) is 4.64. The number of hydrogen-bond donors (Lipinski definition) is 2. The van der Waals surface area contributed by atoms with Gasteiger partial charge < -0.3 is 11.5 Å². The van der Waals surface area contributed by atoms with Crippen molar-refractivity contribution in [2.75, 3.05) is 0 Å². The average molecular weight is 276 g/mol. The minimum atomic E-state index is -0.542. The molecule has 0 saturated heterocycles. The van der Waals surface area contributed by atoms with Gasteiger partial charge in [-0.3, -0.25) is 9.48 Å². The maximum Gasteiger partial charge on any atom is 0.251 e. The SMILES string of the molecule is CCC(N)C(c1ccc(F)cc1)n1cc(C(N)=O)cn1. The van der Waals surface area contributed by atoms with Gasteiger partial charge in [0, 0.05) is 12.2 Å². The molecular weight excluding hydrogens is 259 g/mol. The molecule has 2 rings (SSSR count). The van der Waals surface area contributed by atoms with Crippen LogP contribution < -0.4 is 11.5 Å². The molecule has 0 aliphatic heterocycles. The molecule has 1 heterocycles. The number of aromatic nitrogens is 2. The van der Waals surface area contributed by atoms with Crippen LogP contribution in [-0.2, 0) is 0 Å². The zero-order valence-corrected chi connectivity index (χ0v) is 11.2. The lowest BCUT2D eigenvalue weighted by Crippen LogP contribution is -2.32. The van der Waals surface area contributed by atoms with Crippen molar-refractivity contribution < 1.29 is 9.18 Å². The Hall–Kier alpha value is -2.21. The molecule has 0 bridgehead atoms. The van der Waals surface area contributed by atoms with Crippen molar-refractivity contribution in [1.29, 1.82) is 0 Å². The van der Waals surface area contributed by atoms with Gasteiger partial charge in [0.25, 0.3) is 5.91 Å². The zero-order chi connectivity index (χ0) is 14.7. The van der Waals surface area contributed by atoms with Crippen molar-refractivity contribution in [3.8, 4) is 0 Å². The molecule has 6 heteroatoms. The molecule has 106 valence electrons. The fourth-order valence-electron chi connectivity index (χ4n) is 2.10. The minimum absolute atomic E-state index is 0.207. The van der Waals surface area contributed by atoms with Gasteiger partial charge in [0.05, 0.1) is 17.8 Å². The Balaban J connectivity index is 2.41. The first-order valence-corrected chi connectivity index (χ1v) is 6.38. The number of halogens is 1. The molecule has 2 atom stereocenters. The molecule has 4 N–H and O–H groups in total. The highest BCUT2D eigenvalue weighted by Gasteiger charge is 2.22. The fraction of sp³-hybridized carbons (Fsp3) is 0.286. The highest BCUT2D eigenvalue weighted by Crippen LogP contribution is 2.23. The van der Waals surface area contributed by atoms with Crippen LogP contribution in [0.2, 0.25) is 0 Å². The van der Waals surface area contributed by atoms with Gasteiger partial charge in [0.1, 0.15) is 5.82 Å². The Labute approximate surface area is 116 Å². The Morgan fingerprint density at radius 1 is 1.40 bits per heavy atom. The molecule has 2 unspecified atom stereocenters. The lowest BCUT2D eigenvalue weighted by molar-refractivity contribution is 0.1000. The summed E-state index contributed by atoms with van der Waals surface area (Å²) >= 11 is 0. The minimum Gasteiger partial charge on any atom is -0.366 e. The summed E-state index contributed by atoms with van der Waals surface area (Å²) in [7, 11) is 0. The maximum atomic E-state index is 13.0. The predicted molar refractivity (Wildman–Crippen MR) is 73.6 cm³/mol. The number of hydrogen-bond acceptors (Lipinski definition) is 3. The van der Waals surface area contributed by atoms with E-state index < -0.39 is 5.91 Å². The van der Waals surface area contributed by atoms with Gasteiger partial charge in [-0.15, -0.1) is 0 Å². The van der Waals surface area contributed by atoms with E-state index >= 15 is 0 Å². The van der Waals surface area contributed by atoms with E-state index in [-0.39, 0.29) is 17.9 Å². The topological polar surface area (TPSA) is 86.9 Å². The van der Waals surface area contributed by atoms with E-state index in [2.05, 4.69) is 5.10 Å². The highest BCUT2D eigenvalue weighted by molar-refractivity contribution is 5.92. The Kier molecular flexibility index (Phi) is 4.14. The standard InChI is InChI=1S/C14H17FN4O/c1-2-12(16)13(9-3-5-11(15)6-4-9)19-8-10(7-18-19)14(17)20/h3-8,12-13H,2,16H2,1H3,(H2,17,20). The molecule has 0 spiro atoms. The third-order valence-corrected chi connectivity index (χ3v) is 3.26. The molecule has 1 amide bonds. The van der Waals surface area contributed by atoms with Gasteiger partial charge >= 0.3 is 0 Å². The van der Waals surface area contributed by atoms with E-state index in [1.807, 2.05) is 6.92 Å². The van der Waals surface area contributed by atoms with Gasteiger partial charge in [0.2, 0.25) is 0 Å². The number of carbonyl (C=O) groups excluding carboxylic acids is 1. The molecule has 2 aromatic rings. The summed E-state index contributed by atoms with van der Waals surface area (Å²) in [5, 5.41) is 4.15. The Bertz CT molecular complexity index is 593. The Morgan fingerprint density at radius 3 is 2.55 bits per heavy atom. The molecule has 1 aromatic heterocycles. The fourth-order valence-corrected chi connectivity index (χ4v) is 2.10. The van der Waals surface area contributed by atoms with Gasteiger partial charge in [-0.25, -0.2) is 4.39 Å². The second kappa shape index (κ2) is 5.83. The van der Waals surface area contributed by atoms with Crippen LogP contribution in [0.5, 0.6) is 0 Å². The summed E-state index contributed by atoms with van der Waals surface area (Å²) in [6, 6.07) is 5.61. The average Bonchev–Trinajstić information content (AvgIpc) is 2.90. The summed E-state index contributed by atoms with van der Waals surface area (Å²) in [6.07, 6.45) is 3.68. The van der Waals surface area contributed by atoms with Crippen LogP contribution in [0, 0.1) is 5.82 Å². The number of nitrogens with two attached hydrogens (primary N) is 2. The summed E-state index contributed by atoms with van der Waals surface area (Å²) in [5.74, 6) is -0.852. The van der Waals surface area contributed by atoms with Gasteiger partial charge in [0.15, 0.2) is 0 Å². The molecule has 0 aliphatic rings. The maximum absolute atomic E-state index is 13.0. The number of primary amides is 1. The number of rotatable bonds is 5. The van der Waals surface area contributed by atoms with Crippen molar-refractivity contribution in [1.82, 2.24) is 9.78 Å². The molecule has 20 heavy (non-hydrogen) atoms. The van der Waals surface area contributed by atoms with E-state index in [0.29, 0.717) is 12.0 Å². The van der Waals surface area contributed by atoms with Crippen LogP contribution in [0.3, 0.4) is 0 Å². The van der Waals surface area contributed by atoms with Crippen LogP contribution in [-0.4, -0.2) is 21.7 Å². The van der Waals surface area contributed by atoms with Crippen LogP contribution in [0.1, 0.15) is 35.3 Å². The van der Waals surface area contributed by atoms with Crippen LogP contribution in [0.25, 0.3) is 0 Å². The van der Waals surface area contributed by atoms with Crippen molar-refractivity contribution in [2.24, 2.45) is 11.5 Å².